The molecule has 2 aromatic carbocycles. The first-order chi connectivity index (χ1) is 11.4. The van der Waals surface area contributed by atoms with Crippen molar-refractivity contribution in [2.75, 3.05) is 13.1 Å². The molecule has 1 saturated heterocycles. The van der Waals surface area contributed by atoms with Gasteiger partial charge >= 0.3 is 0 Å². The van der Waals surface area contributed by atoms with Crippen molar-refractivity contribution in [1.29, 1.82) is 0 Å². The molecule has 4 nitrogen and oxygen atoms in total. The predicted octanol–water partition coefficient (Wildman–Crippen LogP) is 3.22. The second kappa shape index (κ2) is 7.05. The number of hydrogen-bond donors (Lipinski definition) is 0. The molecule has 2 atom stereocenters. The smallest absolute Gasteiger partial charge is 0.296 e. The summed E-state index contributed by atoms with van der Waals surface area (Å²) in [6.07, 6.45) is -0.306. The summed E-state index contributed by atoms with van der Waals surface area (Å²) in [5.41, 5.74) is 2.25. The van der Waals surface area contributed by atoms with Crippen molar-refractivity contribution in [3.05, 3.63) is 65.7 Å². The van der Waals surface area contributed by atoms with Crippen molar-refractivity contribution < 1.29 is 12.6 Å². The normalized spacial score (nSPS) is 21.9. The maximum atomic E-state index is 12.5. The summed E-state index contributed by atoms with van der Waals surface area (Å²) >= 11 is 0. The number of benzene rings is 2. The van der Waals surface area contributed by atoms with Crippen molar-refractivity contribution >= 4 is 10.1 Å². The first-order valence-corrected chi connectivity index (χ1v) is 9.61. The van der Waals surface area contributed by atoms with Gasteiger partial charge in [0.15, 0.2) is 0 Å². The summed E-state index contributed by atoms with van der Waals surface area (Å²) < 4.78 is 30.5. The van der Waals surface area contributed by atoms with E-state index < -0.39 is 10.1 Å². The van der Waals surface area contributed by atoms with Crippen LogP contribution in [0.4, 0.5) is 0 Å². The van der Waals surface area contributed by atoms with Crippen molar-refractivity contribution in [1.82, 2.24) is 4.90 Å². The number of hydrogen-bond acceptors (Lipinski definition) is 4. The fourth-order valence-corrected chi connectivity index (χ4v) is 4.21. The van der Waals surface area contributed by atoms with Gasteiger partial charge in [0.25, 0.3) is 10.1 Å². The van der Waals surface area contributed by atoms with E-state index in [1.165, 1.54) is 5.56 Å². The van der Waals surface area contributed by atoms with Crippen LogP contribution in [0.1, 0.15) is 18.1 Å². The van der Waals surface area contributed by atoms with Gasteiger partial charge in [0.2, 0.25) is 0 Å². The fourth-order valence-electron chi connectivity index (χ4n) is 3.05. The molecule has 0 spiro atoms. The molecule has 1 heterocycles. The van der Waals surface area contributed by atoms with E-state index in [9.17, 15) is 8.42 Å². The summed E-state index contributed by atoms with van der Waals surface area (Å²) in [5.74, 6) is 0.175. The second-order valence-corrected chi connectivity index (χ2v) is 8.13. The van der Waals surface area contributed by atoms with Crippen molar-refractivity contribution in [2.24, 2.45) is 5.92 Å². The van der Waals surface area contributed by atoms with E-state index in [2.05, 4.69) is 17.0 Å². The quantitative estimate of drug-likeness (QED) is 0.781. The average Bonchev–Trinajstić information content (AvgIpc) is 2.87. The summed E-state index contributed by atoms with van der Waals surface area (Å²) in [7, 11) is -3.72. The van der Waals surface area contributed by atoms with Crippen LogP contribution >= 0.6 is 0 Å². The zero-order chi connectivity index (χ0) is 17.2. The van der Waals surface area contributed by atoms with Crippen LogP contribution in [0.25, 0.3) is 0 Å². The molecule has 0 radical (unpaired) electrons. The van der Waals surface area contributed by atoms with Crippen LogP contribution in [0.15, 0.2) is 59.5 Å². The number of nitrogens with zero attached hydrogens (tertiary/aromatic N) is 1. The van der Waals surface area contributed by atoms with E-state index in [0.29, 0.717) is 6.54 Å². The molecule has 0 N–H and O–H groups in total. The Morgan fingerprint density at radius 2 is 1.71 bits per heavy atom. The van der Waals surface area contributed by atoms with Gasteiger partial charge in [-0.2, -0.15) is 8.42 Å². The predicted molar refractivity (Wildman–Crippen MR) is 94.1 cm³/mol. The topological polar surface area (TPSA) is 46.6 Å². The van der Waals surface area contributed by atoms with Crippen LogP contribution in [-0.2, 0) is 20.8 Å². The molecule has 2 aromatic rings. The highest BCUT2D eigenvalue weighted by atomic mass is 32.2. The zero-order valence-electron chi connectivity index (χ0n) is 14.1. The third kappa shape index (κ3) is 4.04. The standard InChI is InChI=1S/C19H23NO3S/c1-15-8-10-18(11-9-15)24(21,22)23-19-14-20(12-16(19)2)13-17-6-4-3-5-7-17/h3-11,16,19H,12-14H2,1-2H3/t16-,19-/m0/s1. The van der Waals surface area contributed by atoms with Crippen LogP contribution in [0.2, 0.25) is 0 Å². The second-order valence-electron chi connectivity index (χ2n) is 6.56. The number of rotatable bonds is 5. The Labute approximate surface area is 144 Å². The molecule has 0 amide bonds. The van der Waals surface area contributed by atoms with Gasteiger partial charge in [0.1, 0.15) is 0 Å². The first kappa shape index (κ1) is 17.1. The first-order valence-electron chi connectivity index (χ1n) is 8.20. The lowest BCUT2D eigenvalue weighted by Crippen LogP contribution is -2.26. The van der Waals surface area contributed by atoms with E-state index in [1.807, 2.05) is 32.0 Å². The molecule has 3 rings (SSSR count). The van der Waals surface area contributed by atoms with Crippen LogP contribution in [0.5, 0.6) is 0 Å². The molecule has 1 aliphatic heterocycles. The van der Waals surface area contributed by atoms with Gasteiger partial charge in [-0.15, -0.1) is 0 Å². The van der Waals surface area contributed by atoms with E-state index in [1.54, 1.807) is 24.3 Å². The fraction of sp³-hybridized carbons (Fsp3) is 0.368. The molecule has 24 heavy (non-hydrogen) atoms. The highest BCUT2D eigenvalue weighted by molar-refractivity contribution is 7.86. The van der Waals surface area contributed by atoms with Crippen molar-refractivity contribution in [3.8, 4) is 0 Å². The molecule has 1 aliphatic rings. The number of likely N-dealkylation sites (tertiary alicyclic amines) is 1. The molecule has 0 aliphatic carbocycles. The maximum absolute atomic E-state index is 12.5. The van der Waals surface area contributed by atoms with Gasteiger partial charge in [-0.05, 0) is 30.5 Å². The van der Waals surface area contributed by atoms with E-state index in [4.69, 9.17) is 4.18 Å². The van der Waals surface area contributed by atoms with Crippen molar-refractivity contribution in [3.63, 3.8) is 0 Å². The Kier molecular flexibility index (Phi) is 5.04. The molecule has 1 fully saturated rings. The molecule has 0 aromatic heterocycles. The minimum absolute atomic E-state index is 0.175. The molecule has 0 unspecified atom stereocenters. The van der Waals surface area contributed by atoms with Crippen molar-refractivity contribution in [2.45, 2.75) is 31.4 Å². The maximum Gasteiger partial charge on any atom is 0.297 e. The van der Waals surface area contributed by atoms with Crippen LogP contribution in [0.3, 0.4) is 0 Å². The van der Waals surface area contributed by atoms with E-state index in [0.717, 1.165) is 18.7 Å². The summed E-state index contributed by atoms with van der Waals surface area (Å²) in [4.78, 5) is 2.47. The van der Waals surface area contributed by atoms with Gasteiger partial charge in [0, 0.05) is 19.6 Å². The Balaban J connectivity index is 1.66. The summed E-state index contributed by atoms with van der Waals surface area (Å²) in [6, 6.07) is 17.0. The molecule has 0 saturated carbocycles. The van der Waals surface area contributed by atoms with Gasteiger partial charge < -0.3 is 0 Å². The molecular weight excluding hydrogens is 322 g/mol. The average molecular weight is 345 g/mol. The Hall–Kier alpha value is -1.69. The summed E-state index contributed by atoms with van der Waals surface area (Å²) in [6.45, 7) is 6.25. The Bertz CT molecular complexity index is 772. The monoisotopic (exact) mass is 345 g/mol. The largest absolute Gasteiger partial charge is 0.297 e. The summed E-state index contributed by atoms with van der Waals surface area (Å²) in [5, 5.41) is 0. The lowest BCUT2D eigenvalue weighted by molar-refractivity contribution is 0.180. The highest BCUT2D eigenvalue weighted by Gasteiger charge is 2.34. The third-order valence-electron chi connectivity index (χ3n) is 4.43. The molecule has 5 heteroatoms. The minimum Gasteiger partial charge on any atom is -0.296 e. The molecule has 0 bridgehead atoms. The van der Waals surface area contributed by atoms with Gasteiger partial charge in [-0.3, -0.25) is 9.08 Å². The molecular formula is C19H23NO3S. The Morgan fingerprint density at radius 3 is 2.38 bits per heavy atom. The van der Waals surface area contributed by atoms with Crippen LogP contribution in [0, 0.1) is 12.8 Å². The lowest BCUT2D eigenvalue weighted by Gasteiger charge is -2.16. The van der Waals surface area contributed by atoms with Crippen LogP contribution < -0.4 is 0 Å². The molecule has 128 valence electrons. The third-order valence-corrected chi connectivity index (χ3v) is 5.78. The lowest BCUT2D eigenvalue weighted by atomic mass is 10.1. The Morgan fingerprint density at radius 1 is 1.04 bits per heavy atom. The minimum atomic E-state index is -3.72. The zero-order valence-corrected chi connectivity index (χ0v) is 14.9. The van der Waals surface area contributed by atoms with Gasteiger partial charge in [-0.25, -0.2) is 0 Å². The van der Waals surface area contributed by atoms with Gasteiger partial charge in [0.05, 0.1) is 11.0 Å². The number of aryl methyl sites for hydroxylation is 1. The van der Waals surface area contributed by atoms with E-state index in [-0.39, 0.29) is 16.9 Å². The van der Waals surface area contributed by atoms with Crippen LogP contribution in [-0.4, -0.2) is 32.5 Å². The SMILES string of the molecule is Cc1ccc(S(=O)(=O)O[C@H]2CN(Cc3ccccc3)C[C@@H]2C)cc1. The van der Waals surface area contributed by atoms with E-state index >= 15 is 0 Å². The van der Waals surface area contributed by atoms with Gasteiger partial charge in [-0.1, -0.05) is 55.0 Å². The highest BCUT2D eigenvalue weighted by Crippen LogP contribution is 2.25.